The molecule has 0 radical (unpaired) electrons. The van der Waals surface area contributed by atoms with Crippen molar-refractivity contribution in [3.63, 3.8) is 0 Å². The highest BCUT2D eigenvalue weighted by Gasteiger charge is 2.22. The van der Waals surface area contributed by atoms with Crippen molar-refractivity contribution in [1.29, 1.82) is 0 Å². The van der Waals surface area contributed by atoms with Crippen molar-refractivity contribution in [3.8, 4) is 5.75 Å². The molecule has 1 amide bonds. The lowest BCUT2D eigenvalue weighted by molar-refractivity contribution is 0.0677. The van der Waals surface area contributed by atoms with E-state index in [1.165, 1.54) is 0 Å². The summed E-state index contributed by atoms with van der Waals surface area (Å²) in [5.74, 6) is 0.709. The maximum absolute atomic E-state index is 12.7. The molecule has 0 saturated heterocycles. The minimum Gasteiger partial charge on any atom is -0.497 e. The number of rotatable bonds is 6. The first-order valence-corrected chi connectivity index (χ1v) is 7.49. The highest BCUT2D eigenvalue weighted by atomic mass is 79.9. The number of methoxy groups -OCH3 is 1. The third kappa shape index (κ3) is 4.21. The Kier molecular flexibility index (Phi) is 6.49. The zero-order valence-corrected chi connectivity index (χ0v) is 14.4. The van der Waals surface area contributed by atoms with Gasteiger partial charge >= 0.3 is 0 Å². The minimum atomic E-state index is 0.0209. The number of hydrogen-bond donors (Lipinski definition) is 0. The van der Waals surface area contributed by atoms with Gasteiger partial charge in [0.25, 0.3) is 5.91 Å². The number of likely N-dealkylation sites (N-methyl/N-ethyl adjacent to an activating group) is 2. The van der Waals surface area contributed by atoms with Crippen LogP contribution in [0.15, 0.2) is 22.7 Å². The number of hydrogen-bond acceptors (Lipinski definition) is 3. The summed E-state index contributed by atoms with van der Waals surface area (Å²) < 4.78 is 5.99. The molecule has 0 aliphatic rings. The normalized spacial score (nSPS) is 12.3. The van der Waals surface area contributed by atoms with Crippen molar-refractivity contribution >= 4 is 21.8 Å². The van der Waals surface area contributed by atoms with E-state index in [-0.39, 0.29) is 11.9 Å². The quantitative estimate of drug-likeness (QED) is 0.796. The maximum Gasteiger partial charge on any atom is 0.255 e. The van der Waals surface area contributed by atoms with Crippen molar-refractivity contribution in [2.45, 2.75) is 19.9 Å². The van der Waals surface area contributed by atoms with Crippen molar-refractivity contribution in [2.24, 2.45) is 0 Å². The van der Waals surface area contributed by atoms with E-state index in [9.17, 15) is 4.79 Å². The van der Waals surface area contributed by atoms with Crippen LogP contribution in [-0.2, 0) is 0 Å². The predicted molar refractivity (Wildman–Crippen MR) is 85.4 cm³/mol. The standard InChI is InChI=1S/C15H23BrN2O2/c1-6-18(11(2)10-17(3)4)15(19)13-9-12(20-5)7-8-14(13)16/h7-9,11H,6,10H2,1-5H3. The molecule has 1 unspecified atom stereocenters. The Morgan fingerprint density at radius 1 is 1.40 bits per heavy atom. The van der Waals surface area contributed by atoms with Crippen molar-refractivity contribution < 1.29 is 9.53 Å². The average Bonchev–Trinajstić information content (AvgIpc) is 2.39. The summed E-state index contributed by atoms with van der Waals surface area (Å²) in [4.78, 5) is 16.7. The van der Waals surface area contributed by atoms with E-state index in [1.807, 2.05) is 38.1 Å². The molecule has 1 rings (SSSR count). The van der Waals surface area contributed by atoms with E-state index in [2.05, 4.69) is 27.8 Å². The van der Waals surface area contributed by atoms with Crippen LogP contribution >= 0.6 is 15.9 Å². The van der Waals surface area contributed by atoms with Crippen LogP contribution in [0, 0.1) is 0 Å². The highest BCUT2D eigenvalue weighted by molar-refractivity contribution is 9.10. The van der Waals surface area contributed by atoms with Gasteiger partial charge in [-0.3, -0.25) is 4.79 Å². The minimum absolute atomic E-state index is 0.0209. The first-order valence-electron chi connectivity index (χ1n) is 6.69. The number of carbonyl (C=O) groups excluding carboxylic acids is 1. The van der Waals surface area contributed by atoms with Crippen LogP contribution in [0.2, 0.25) is 0 Å². The molecule has 1 aromatic carbocycles. The monoisotopic (exact) mass is 342 g/mol. The Morgan fingerprint density at radius 3 is 2.55 bits per heavy atom. The van der Waals surface area contributed by atoms with Crippen molar-refractivity contribution in [1.82, 2.24) is 9.80 Å². The summed E-state index contributed by atoms with van der Waals surface area (Å²) in [5.41, 5.74) is 0.636. The molecule has 0 aromatic heterocycles. The van der Waals surface area contributed by atoms with Gasteiger partial charge in [0.1, 0.15) is 5.75 Å². The largest absolute Gasteiger partial charge is 0.497 e. The van der Waals surface area contributed by atoms with Gasteiger partial charge in [0.15, 0.2) is 0 Å². The molecule has 112 valence electrons. The van der Waals surface area contributed by atoms with Gasteiger partial charge in [-0.05, 0) is 62.1 Å². The smallest absolute Gasteiger partial charge is 0.255 e. The van der Waals surface area contributed by atoms with E-state index in [4.69, 9.17) is 4.74 Å². The number of halogens is 1. The third-order valence-corrected chi connectivity index (χ3v) is 3.86. The van der Waals surface area contributed by atoms with Gasteiger partial charge in [-0.2, -0.15) is 0 Å². The molecule has 1 aromatic rings. The molecular weight excluding hydrogens is 320 g/mol. The zero-order valence-electron chi connectivity index (χ0n) is 12.8. The molecule has 0 N–H and O–H groups in total. The Labute approximate surface area is 129 Å². The first-order chi connectivity index (χ1) is 9.40. The Morgan fingerprint density at radius 2 is 2.05 bits per heavy atom. The third-order valence-electron chi connectivity index (χ3n) is 3.17. The molecule has 20 heavy (non-hydrogen) atoms. The van der Waals surface area contributed by atoms with Crippen LogP contribution in [0.25, 0.3) is 0 Å². The van der Waals surface area contributed by atoms with E-state index in [1.54, 1.807) is 13.2 Å². The van der Waals surface area contributed by atoms with E-state index >= 15 is 0 Å². The summed E-state index contributed by atoms with van der Waals surface area (Å²) in [6.45, 7) is 5.58. The summed E-state index contributed by atoms with van der Waals surface area (Å²) in [7, 11) is 5.62. The van der Waals surface area contributed by atoms with Crippen LogP contribution < -0.4 is 4.74 Å². The lowest BCUT2D eigenvalue weighted by Gasteiger charge is -2.30. The molecule has 0 heterocycles. The fraction of sp³-hybridized carbons (Fsp3) is 0.533. The summed E-state index contributed by atoms with van der Waals surface area (Å²) >= 11 is 3.44. The Bertz CT molecular complexity index is 463. The van der Waals surface area contributed by atoms with Crippen LogP contribution in [0.4, 0.5) is 0 Å². The summed E-state index contributed by atoms with van der Waals surface area (Å²) in [6.07, 6.45) is 0. The second-order valence-corrected chi connectivity index (χ2v) is 5.90. The molecule has 0 aliphatic carbocycles. The lowest BCUT2D eigenvalue weighted by atomic mass is 10.1. The number of carbonyl (C=O) groups is 1. The second-order valence-electron chi connectivity index (χ2n) is 5.05. The molecule has 0 saturated carbocycles. The van der Waals surface area contributed by atoms with E-state index < -0.39 is 0 Å². The van der Waals surface area contributed by atoms with E-state index in [0.29, 0.717) is 17.9 Å². The van der Waals surface area contributed by atoms with Crippen LogP contribution in [0.3, 0.4) is 0 Å². The number of amides is 1. The summed E-state index contributed by atoms with van der Waals surface area (Å²) in [5, 5.41) is 0. The van der Waals surface area contributed by atoms with Gasteiger partial charge in [0, 0.05) is 23.6 Å². The highest BCUT2D eigenvalue weighted by Crippen LogP contribution is 2.24. The van der Waals surface area contributed by atoms with Crippen molar-refractivity contribution in [3.05, 3.63) is 28.2 Å². The molecule has 1 atom stereocenters. The van der Waals surface area contributed by atoms with Crippen molar-refractivity contribution in [2.75, 3.05) is 34.3 Å². The van der Waals surface area contributed by atoms with Gasteiger partial charge in [-0.25, -0.2) is 0 Å². The van der Waals surface area contributed by atoms with Gasteiger partial charge in [-0.15, -0.1) is 0 Å². The van der Waals surface area contributed by atoms with Gasteiger partial charge in [-0.1, -0.05) is 0 Å². The predicted octanol–water partition coefficient (Wildman–Crippen LogP) is 2.87. The van der Waals surface area contributed by atoms with Crippen LogP contribution in [0.1, 0.15) is 24.2 Å². The van der Waals surface area contributed by atoms with Crippen LogP contribution in [0.5, 0.6) is 5.75 Å². The van der Waals surface area contributed by atoms with Crippen LogP contribution in [-0.4, -0.2) is 56.0 Å². The molecule has 0 fully saturated rings. The Balaban J connectivity index is 3.01. The fourth-order valence-electron chi connectivity index (χ4n) is 2.23. The van der Waals surface area contributed by atoms with Gasteiger partial charge in [0.2, 0.25) is 0 Å². The zero-order chi connectivity index (χ0) is 15.3. The molecule has 0 spiro atoms. The topological polar surface area (TPSA) is 32.8 Å². The number of nitrogens with zero attached hydrogens (tertiary/aromatic N) is 2. The van der Waals surface area contributed by atoms with Gasteiger partial charge in [0.05, 0.1) is 12.7 Å². The average molecular weight is 343 g/mol. The van der Waals surface area contributed by atoms with Gasteiger partial charge < -0.3 is 14.5 Å². The second kappa shape index (κ2) is 7.64. The number of benzene rings is 1. The summed E-state index contributed by atoms with van der Waals surface area (Å²) in [6, 6.07) is 5.61. The maximum atomic E-state index is 12.7. The fourth-order valence-corrected chi connectivity index (χ4v) is 2.65. The molecule has 0 aliphatic heterocycles. The molecule has 0 bridgehead atoms. The van der Waals surface area contributed by atoms with E-state index in [0.717, 1.165) is 11.0 Å². The Hall–Kier alpha value is -1.07. The molecular formula is C15H23BrN2O2. The lowest BCUT2D eigenvalue weighted by Crippen LogP contribution is -2.43. The molecule has 4 nitrogen and oxygen atoms in total. The first kappa shape index (κ1) is 17.0. The number of ether oxygens (including phenoxy) is 1. The molecule has 5 heteroatoms. The SMILES string of the molecule is CCN(C(=O)c1cc(OC)ccc1Br)C(C)CN(C)C.